The minimum atomic E-state index is -0.169. The van der Waals surface area contributed by atoms with Gasteiger partial charge in [0.1, 0.15) is 5.75 Å². The fraction of sp³-hybridized carbons (Fsp3) is 0.741. The number of carbonyl (C=O) groups excluding carboxylic acids is 1. The van der Waals surface area contributed by atoms with Crippen molar-refractivity contribution in [2.45, 2.75) is 85.5 Å². The second kappa shape index (κ2) is 9.42. The normalized spacial score (nSPS) is 29.5. The topological polar surface area (TPSA) is 29.5 Å². The predicted molar refractivity (Wildman–Crippen MR) is 125 cm³/mol. The Morgan fingerprint density at radius 2 is 1.33 bits per heavy atom. The number of carbonyl (C=O) groups is 1. The van der Waals surface area contributed by atoms with Gasteiger partial charge in [-0.15, -0.1) is 0 Å². The van der Waals surface area contributed by atoms with Gasteiger partial charge in [0.2, 0.25) is 0 Å². The second-order valence-corrected chi connectivity index (χ2v) is 11.0. The average molecular weight is 414 g/mol. The van der Waals surface area contributed by atoms with Gasteiger partial charge in [0.25, 0.3) is 0 Å². The number of hydrogen-bond acceptors (Lipinski definition) is 3. The molecule has 4 bridgehead atoms. The summed E-state index contributed by atoms with van der Waals surface area (Å²) in [7, 11) is 0. The maximum absolute atomic E-state index is 12.9. The Morgan fingerprint density at radius 3 is 1.67 bits per heavy atom. The second-order valence-electron chi connectivity index (χ2n) is 11.0. The van der Waals surface area contributed by atoms with Crippen molar-refractivity contribution in [2.24, 2.45) is 23.2 Å². The Hall–Kier alpha value is -1.35. The zero-order valence-corrected chi connectivity index (χ0v) is 20.2. The molecule has 0 N–H and O–H groups in total. The molecule has 4 fully saturated rings. The van der Waals surface area contributed by atoms with E-state index in [0.29, 0.717) is 5.75 Å². The zero-order chi connectivity index (χ0) is 21.9. The number of benzene rings is 1. The Bertz CT molecular complexity index is 656. The van der Waals surface area contributed by atoms with Crippen LogP contribution in [0, 0.1) is 23.2 Å². The quantitative estimate of drug-likeness (QED) is 0.410. The van der Waals surface area contributed by atoms with Crippen molar-refractivity contribution in [1.29, 1.82) is 0 Å². The van der Waals surface area contributed by atoms with E-state index in [1.54, 1.807) is 0 Å². The van der Waals surface area contributed by atoms with Gasteiger partial charge < -0.3 is 9.64 Å². The van der Waals surface area contributed by atoms with E-state index in [9.17, 15) is 4.79 Å². The van der Waals surface area contributed by atoms with Gasteiger partial charge in [-0.3, -0.25) is 4.79 Å². The lowest BCUT2D eigenvalue weighted by Gasteiger charge is -2.55. The molecule has 0 saturated heterocycles. The van der Waals surface area contributed by atoms with Gasteiger partial charge in [0.05, 0.1) is 5.41 Å². The molecule has 5 rings (SSSR count). The van der Waals surface area contributed by atoms with Crippen molar-refractivity contribution in [3.63, 3.8) is 0 Å². The molecule has 4 aliphatic carbocycles. The van der Waals surface area contributed by atoms with Crippen molar-refractivity contribution in [2.75, 3.05) is 19.6 Å². The highest BCUT2D eigenvalue weighted by Crippen LogP contribution is 2.60. The highest BCUT2D eigenvalue weighted by Gasteiger charge is 2.55. The van der Waals surface area contributed by atoms with E-state index in [1.165, 1.54) is 44.5 Å². The molecule has 4 aliphatic rings. The number of ether oxygens (including phenoxy) is 1. The van der Waals surface area contributed by atoms with Crippen molar-refractivity contribution in [3.05, 3.63) is 29.8 Å². The molecule has 1 aromatic rings. The summed E-state index contributed by atoms with van der Waals surface area (Å²) in [6.07, 6.45) is 7.26. The van der Waals surface area contributed by atoms with Crippen LogP contribution in [0.5, 0.6) is 5.75 Å². The molecule has 0 aliphatic heterocycles. The molecule has 1 aromatic carbocycles. The van der Waals surface area contributed by atoms with Crippen LogP contribution in [-0.2, 0) is 10.2 Å². The Balaban J connectivity index is 0.000000318. The van der Waals surface area contributed by atoms with E-state index in [1.807, 2.05) is 12.1 Å². The molecule has 3 heteroatoms. The fourth-order valence-electron chi connectivity index (χ4n) is 6.27. The highest BCUT2D eigenvalue weighted by atomic mass is 16.5. The van der Waals surface area contributed by atoms with Crippen molar-refractivity contribution >= 4 is 5.97 Å². The lowest BCUT2D eigenvalue weighted by molar-refractivity contribution is -0.161. The summed E-state index contributed by atoms with van der Waals surface area (Å²) < 4.78 is 5.83. The molecular weight excluding hydrogens is 370 g/mol. The van der Waals surface area contributed by atoms with Crippen LogP contribution in [0.2, 0.25) is 0 Å². The molecule has 0 amide bonds. The largest absolute Gasteiger partial charge is 0.426 e. The first kappa shape index (κ1) is 23.3. The average Bonchev–Trinajstić information content (AvgIpc) is 2.68. The van der Waals surface area contributed by atoms with E-state index >= 15 is 0 Å². The van der Waals surface area contributed by atoms with E-state index in [0.717, 1.165) is 37.0 Å². The Labute approximate surface area is 184 Å². The van der Waals surface area contributed by atoms with Gasteiger partial charge in [-0.2, -0.15) is 0 Å². The third-order valence-corrected chi connectivity index (χ3v) is 7.74. The van der Waals surface area contributed by atoms with Gasteiger partial charge >= 0.3 is 5.97 Å². The minimum absolute atomic E-state index is 0.0418. The first-order chi connectivity index (χ1) is 14.2. The summed E-state index contributed by atoms with van der Waals surface area (Å²) in [5, 5.41) is 0. The molecule has 168 valence electrons. The van der Waals surface area contributed by atoms with Crippen LogP contribution in [0.4, 0.5) is 0 Å². The van der Waals surface area contributed by atoms with Crippen molar-refractivity contribution < 1.29 is 9.53 Å². The third kappa shape index (κ3) is 5.28. The zero-order valence-electron chi connectivity index (χ0n) is 20.2. The number of rotatable bonds is 5. The molecule has 0 radical (unpaired) electrons. The van der Waals surface area contributed by atoms with E-state index in [4.69, 9.17) is 4.74 Å². The fourth-order valence-corrected chi connectivity index (χ4v) is 6.27. The molecule has 0 spiro atoms. The molecular formula is C27H43NO2. The van der Waals surface area contributed by atoms with Crippen molar-refractivity contribution in [3.8, 4) is 5.75 Å². The monoisotopic (exact) mass is 413 g/mol. The van der Waals surface area contributed by atoms with Crippen LogP contribution >= 0.6 is 0 Å². The van der Waals surface area contributed by atoms with Crippen LogP contribution < -0.4 is 4.74 Å². The molecule has 0 unspecified atom stereocenters. The maximum Gasteiger partial charge on any atom is 0.317 e. The summed E-state index contributed by atoms with van der Waals surface area (Å²) in [6, 6.07) is 8.09. The Kier molecular flexibility index (Phi) is 7.32. The van der Waals surface area contributed by atoms with Crippen LogP contribution in [0.25, 0.3) is 0 Å². The molecule has 4 saturated carbocycles. The van der Waals surface area contributed by atoms with E-state index in [2.05, 4.69) is 58.6 Å². The lowest BCUT2D eigenvalue weighted by Crippen LogP contribution is -2.51. The molecule has 3 nitrogen and oxygen atoms in total. The summed E-state index contributed by atoms with van der Waals surface area (Å²) in [4.78, 5) is 15.3. The summed E-state index contributed by atoms with van der Waals surface area (Å²) in [6.45, 7) is 16.7. The van der Waals surface area contributed by atoms with Gasteiger partial charge in [-0.1, -0.05) is 53.7 Å². The Morgan fingerprint density at radius 1 is 0.900 bits per heavy atom. The number of esters is 1. The van der Waals surface area contributed by atoms with Crippen LogP contribution in [-0.4, -0.2) is 30.5 Å². The van der Waals surface area contributed by atoms with Gasteiger partial charge in [-0.25, -0.2) is 0 Å². The first-order valence-electron chi connectivity index (χ1n) is 12.2. The number of hydrogen-bond donors (Lipinski definition) is 0. The minimum Gasteiger partial charge on any atom is -0.426 e. The molecule has 0 aromatic heterocycles. The molecule has 0 atom stereocenters. The molecule has 0 heterocycles. The van der Waals surface area contributed by atoms with Crippen LogP contribution in [0.15, 0.2) is 24.3 Å². The lowest BCUT2D eigenvalue weighted by atomic mass is 9.49. The van der Waals surface area contributed by atoms with E-state index in [-0.39, 0.29) is 16.8 Å². The first-order valence-corrected chi connectivity index (χ1v) is 12.2. The van der Waals surface area contributed by atoms with E-state index < -0.39 is 0 Å². The SMILES string of the molecule is CC(C)(C)c1ccc(OC(=O)C23CC4CC(CC(C4)C2)C3)cc1.CCN(CC)CC. The summed E-state index contributed by atoms with van der Waals surface area (Å²) in [5.74, 6) is 3.07. The standard InChI is InChI=1S/C21H28O2.C6H15N/c1-20(2,3)17-4-6-18(7-5-17)23-19(22)21-11-14-8-15(12-21)10-16(9-14)13-21;1-4-7(5-2)6-3/h4-7,14-16H,8-13H2,1-3H3;4-6H2,1-3H3. The van der Waals surface area contributed by atoms with Crippen molar-refractivity contribution in [1.82, 2.24) is 4.90 Å². The van der Waals surface area contributed by atoms with Gasteiger partial charge in [0.15, 0.2) is 0 Å². The highest BCUT2D eigenvalue weighted by molar-refractivity contribution is 5.79. The predicted octanol–water partition coefficient (Wildman–Crippen LogP) is 6.45. The van der Waals surface area contributed by atoms with Crippen LogP contribution in [0.1, 0.15) is 85.6 Å². The number of nitrogens with zero attached hydrogens (tertiary/aromatic N) is 1. The summed E-state index contributed by atoms with van der Waals surface area (Å²) in [5.41, 5.74) is 1.23. The van der Waals surface area contributed by atoms with Gasteiger partial charge in [0, 0.05) is 0 Å². The summed E-state index contributed by atoms with van der Waals surface area (Å²) >= 11 is 0. The maximum atomic E-state index is 12.9. The molecule has 30 heavy (non-hydrogen) atoms. The third-order valence-electron chi connectivity index (χ3n) is 7.74. The van der Waals surface area contributed by atoms with Crippen LogP contribution in [0.3, 0.4) is 0 Å². The smallest absolute Gasteiger partial charge is 0.317 e. The van der Waals surface area contributed by atoms with Gasteiger partial charge in [-0.05, 0) is 99.0 Å².